The molecule has 2 N–H and O–H groups in total. The average Bonchev–Trinajstić information content (AvgIpc) is 2.98. The van der Waals surface area contributed by atoms with Gasteiger partial charge in [0.05, 0.1) is 24.0 Å². The van der Waals surface area contributed by atoms with Crippen LogP contribution in [0.15, 0.2) is 71.9 Å². The standard InChI is InChI=1S/C28H38O6/c1-18(23-19(2)17-28(7,32)22(5)33-23)15-13-11-9-8-10-12-14-16-27(6)21(4)26(31)34-24(27)20(3)25(29)30/h8-17,20-24,32H,1-7H3,(H,29,30)/b9-8+,12-10+,13-11+,16-14+,18-15+/t20-,21+,22-,23+,24+,27+,28-/m1/s1. The van der Waals surface area contributed by atoms with Crippen molar-refractivity contribution in [3.63, 3.8) is 0 Å². The predicted molar refractivity (Wildman–Crippen MR) is 133 cm³/mol. The Morgan fingerprint density at radius 2 is 1.65 bits per heavy atom. The lowest BCUT2D eigenvalue weighted by Gasteiger charge is -2.37. The third-order valence-electron chi connectivity index (χ3n) is 6.98. The highest BCUT2D eigenvalue weighted by Gasteiger charge is 2.53. The molecular formula is C28H38O6. The average molecular weight is 471 g/mol. The van der Waals surface area contributed by atoms with Gasteiger partial charge in [-0.15, -0.1) is 0 Å². The molecule has 0 aliphatic carbocycles. The molecule has 2 aliphatic heterocycles. The minimum atomic E-state index is -0.983. The van der Waals surface area contributed by atoms with Crippen molar-refractivity contribution >= 4 is 11.9 Å². The Bertz CT molecular complexity index is 948. The van der Waals surface area contributed by atoms with Gasteiger partial charge in [0.1, 0.15) is 11.7 Å². The first-order valence-electron chi connectivity index (χ1n) is 11.7. The first-order valence-corrected chi connectivity index (χ1v) is 11.7. The van der Waals surface area contributed by atoms with E-state index in [0.717, 1.165) is 11.1 Å². The number of esters is 1. The second-order valence-electron chi connectivity index (χ2n) is 9.77. The van der Waals surface area contributed by atoms with Crippen molar-refractivity contribution in [1.82, 2.24) is 0 Å². The van der Waals surface area contributed by atoms with Gasteiger partial charge in [0.15, 0.2) is 0 Å². The van der Waals surface area contributed by atoms with Crippen LogP contribution >= 0.6 is 0 Å². The van der Waals surface area contributed by atoms with Gasteiger partial charge in [-0.3, -0.25) is 9.59 Å². The number of rotatable bonds is 8. The molecule has 0 amide bonds. The summed E-state index contributed by atoms with van der Waals surface area (Å²) in [6.45, 7) is 12.8. The van der Waals surface area contributed by atoms with E-state index in [0.29, 0.717) is 0 Å². The monoisotopic (exact) mass is 470 g/mol. The lowest BCUT2D eigenvalue weighted by atomic mass is 9.72. The first kappa shape index (κ1) is 27.5. The summed E-state index contributed by atoms with van der Waals surface area (Å²) < 4.78 is 11.4. The van der Waals surface area contributed by atoms with Crippen molar-refractivity contribution in [2.45, 2.75) is 72.4 Å². The van der Waals surface area contributed by atoms with E-state index in [1.165, 1.54) is 0 Å². The number of carbonyl (C=O) groups is 2. The van der Waals surface area contributed by atoms with E-state index in [1.54, 1.807) is 20.8 Å². The van der Waals surface area contributed by atoms with Gasteiger partial charge in [0.2, 0.25) is 0 Å². The zero-order valence-electron chi connectivity index (χ0n) is 21.2. The molecule has 2 heterocycles. The van der Waals surface area contributed by atoms with Crippen molar-refractivity contribution < 1.29 is 29.3 Å². The maximum Gasteiger partial charge on any atom is 0.310 e. The molecule has 7 atom stereocenters. The van der Waals surface area contributed by atoms with Gasteiger partial charge in [-0.05, 0) is 51.8 Å². The third kappa shape index (κ3) is 6.24. The van der Waals surface area contributed by atoms with E-state index in [-0.39, 0.29) is 18.2 Å². The SMILES string of the molecule is CC1=C[C@@](C)(O)[C@@H](C)O[C@H]1/C(C)=C/C=C/C=C/C=C/C=C/[C@@]1(C)[C@@H](C)C(=O)O[C@H]1[C@@H](C)C(=O)O. The van der Waals surface area contributed by atoms with Crippen LogP contribution in [-0.4, -0.2) is 46.1 Å². The lowest BCUT2D eigenvalue weighted by Crippen LogP contribution is -2.44. The zero-order valence-corrected chi connectivity index (χ0v) is 21.2. The minimum absolute atomic E-state index is 0.142. The third-order valence-corrected chi connectivity index (χ3v) is 6.98. The Morgan fingerprint density at radius 3 is 2.24 bits per heavy atom. The van der Waals surface area contributed by atoms with Crippen LogP contribution in [0.1, 0.15) is 48.5 Å². The number of carbonyl (C=O) groups excluding carboxylic acids is 1. The van der Waals surface area contributed by atoms with Gasteiger partial charge < -0.3 is 19.7 Å². The van der Waals surface area contributed by atoms with Gasteiger partial charge in [-0.1, -0.05) is 68.5 Å². The van der Waals surface area contributed by atoms with Crippen molar-refractivity contribution in [3.8, 4) is 0 Å². The molecule has 1 fully saturated rings. The van der Waals surface area contributed by atoms with Gasteiger partial charge in [-0.25, -0.2) is 0 Å². The maximum atomic E-state index is 12.1. The normalized spacial score (nSPS) is 36.1. The fourth-order valence-electron chi connectivity index (χ4n) is 4.31. The maximum absolute atomic E-state index is 12.1. The van der Waals surface area contributed by atoms with Crippen molar-refractivity contribution in [3.05, 3.63) is 71.9 Å². The molecule has 2 rings (SSSR count). The molecule has 0 saturated carbocycles. The summed E-state index contributed by atoms with van der Waals surface area (Å²) in [5, 5.41) is 19.7. The van der Waals surface area contributed by atoms with Gasteiger partial charge >= 0.3 is 11.9 Å². The molecule has 0 aromatic heterocycles. The van der Waals surface area contributed by atoms with Crippen molar-refractivity contribution in [1.29, 1.82) is 0 Å². The molecule has 2 aliphatic rings. The van der Waals surface area contributed by atoms with E-state index in [1.807, 2.05) is 88.5 Å². The van der Waals surface area contributed by atoms with Crippen LogP contribution < -0.4 is 0 Å². The minimum Gasteiger partial charge on any atom is -0.481 e. The molecule has 0 unspecified atom stereocenters. The summed E-state index contributed by atoms with van der Waals surface area (Å²) in [6.07, 6.45) is 17.7. The fraction of sp³-hybridized carbons (Fsp3) is 0.500. The molecule has 1 saturated heterocycles. The summed E-state index contributed by atoms with van der Waals surface area (Å²) in [7, 11) is 0. The molecular weight excluding hydrogens is 432 g/mol. The highest BCUT2D eigenvalue weighted by molar-refractivity contribution is 5.79. The van der Waals surface area contributed by atoms with Gasteiger partial charge in [-0.2, -0.15) is 0 Å². The molecule has 0 aromatic rings. The van der Waals surface area contributed by atoms with Gasteiger partial charge in [0, 0.05) is 5.41 Å². The number of allylic oxidation sites excluding steroid dienone is 8. The number of hydrogen-bond donors (Lipinski definition) is 2. The highest BCUT2D eigenvalue weighted by atomic mass is 16.6. The smallest absolute Gasteiger partial charge is 0.310 e. The molecule has 0 spiro atoms. The van der Waals surface area contributed by atoms with E-state index in [4.69, 9.17) is 9.47 Å². The molecule has 6 nitrogen and oxygen atoms in total. The summed E-state index contributed by atoms with van der Waals surface area (Å²) in [5.41, 5.74) is 0.405. The number of cyclic esters (lactones) is 1. The number of ether oxygens (including phenoxy) is 2. The van der Waals surface area contributed by atoms with E-state index >= 15 is 0 Å². The van der Waals surface area contributed by atoms with Gasteiger partial charge in [0.25, 0.3) is 0 Å². The van der Waals surface area contributed by atoms with E-state index in [2.05, 4.69) is 0 Å². The van der Waals surface area contributed by atoms with Crippen molar-refractivity contribution in [2.75, 3.05) is 0 Å². The molecule has 186 valence electrons. The Hall–Kier alpha value is -2.70. The second kappa shape index (κ2) is 11.2. The Morgan fingerprint density at radius 1 is 1.09 bits per heavy atom. The molecule has 0 radical (unpaired) electrons. The van der Waals surface area contributed by atoms with Crippen LogP contribution in [0, 0.1) is 17.3 Å². The second-order valence-corrected chi connectivity index (χ2v) is 9.77. The molecule has 0 aromatic carbocycles. The number of carboxylic acid groups (broad SMARTS) is 1. The fourth-order valence-corrected chi connectivity index (χ4v) is 4.31. The van der Waals surface area contributed by atoms with Crippen LogP contribution in [0.3, 0.4) is 0 Å². The number of aliphatic hydroxyl groups is 1. The summed E-state index contributed by atoms with van der Waals surface area (Å²) in [6, 6.07) is 0. The first-order chi connectivity index (χ1) is 15.8. The Labute approximate surface area is 203 Å². The van der Waals surface area contributed by atoms with Crippen LogP contribution in [0.5, 0.6) is 0 Å². The number of hydrogen-bond acceptors (Lipinski definition) is 5. The molecule has 0 bridgehead atoms. The number of aliphatic carboxylic acids is 1. The van der Waals surface area contributed by atoms with Crippen LogP contribution in [0.4, 0.5) is 0 Å². The zero-order chi connectivity index (χ0) is 25.7. The predicted octanol–water partition coefficient (Wildman–Crippen LogP) is 4.93. The molecule has 6 heteroatoms. The van der Waals surface area contributed by atoms with Crippen LogP contribution in [-0.2, 0) is 19.1 Å². The Balaban J connectivity index is 1.95. The molecule has 34 heavy (non-hydrogen) atoms. The van der Waals surface area contributed by atoms with E-state index < -0.39 is 34.9 Å². The van der Waals surface area contributed by atoms with Crippen LogP contribution in [0.2, 0.25) is 0 Å². The lowest BCUT2D eigenvalue weighted by molar-refractivity contribution is -0.153. The highest BCUT2D eigenvalue weighted by Crippen LogP contribution is 2.44. The van der Waals surface area contributed by atoms with Crippen LogP contribution in [0.25, 0.3) is 0 Å². The summed E-state index contributed by atoms with van der Waals surface area (Å²) in [4.78, 5) is 23.5. The topological polar surface area (TPSA) is 93.1 Å². The summed E-state index contributed by atoms with van der Waals surface area (Å²) >= 11 is 0. The van der Waals surface area contributed by atoms with Crippen molar-refractivity contribution in [2.24, 2.45) is 17.3 Å². The Kier molecular flexibility index (Phi) is 9.03. The summed E-state index contributed by atoms with van der Waals surface area (Å²) in [5.74, 6) is -2.56. The quantitative estimate of drug-likeness (QED) is 0.297. The largest absolute Gasteiger partial charge is 0.481 e. The van der Waals surface area contributed by atoms with E-state index in [9.17, 15) is 19.8 Å². The number of carboxylic acids is 1.